The third kappa shape index (κ3) is 3.17. The van der Waals surface area contributed by atoms with Gasteiger partial charge in [-0.1, -0.05) is 18.2 Å². The van der Waals surface area contributed by atoms with E-state index in [1.54, 1.807) is 19.1 Å². The van der Waals surface area contributed by atoms with Crippen molar-refractivity contribution in [3.05, 3.63) is 68.9 Å². The van der Waals surface area contributed by atoms with Crippen LogP contribution in [0.25, 0.3) is 0 Å². The average Bonchev–Trinajstić information content (AvgIpc) is 2.48. The van der Waals surface area contributed by atoms with Gasteiger partial charge in [0, 0.05) is 18.1 Å². The van der Waals surface area contributed by atoms with Crippen LogP contribution in [0, 0.1) is 10.1 Å². The first kappa shape index (κ1) is 14.5. The summed E-state index contributed by atoms with van der Waals surface area (Å²) in [5.74, 6) is -0.529. The minimum atomic E-state index is -0.529. The van der Waals surface area contributed by atoms with Crippen molar-refractivity contribution in [2.45, 2.75) is 13.3 Å². The van der Waals surface area contributed by atoms with Gasteiger partial charge in [0.1, 0.15) is 0 Å². The lowest BCUT2D eigenvalue weighted by Crippen LogP contribution is -2.11. The highest BCUT2D eigenvalue weighted by molar-refractivity contribution is 6.12. The fourth-order valence-electron chi connectivity index (χ4n) is 1.96. The van der Waals surface area contributed by atoms with Crippen LogP contribution in [0.1, 0.15) is 34.1 Å². The number of allylic oxidation sites excluding steroid dienone is 3. The Labute approximate surface area is 120 Å². The van der Waals surface area contributed by atoms with E-state index in [1.807, 2.05) is 0 Å². The van der Waals surface area contributed by atoms with Crippen molar-refractivity contribution in [1.82, 2.24) is 0 Å². The number of carbonyl (C=O) groups is 2. The Morgan fingerprint density at radius 2 is 2.10 bits per heavy atom. The Kier molecular flexibility index (Phi) is 4.18. The van der Waals surface area contributed by atoms with Gasteiger partial charge in [-0.3, -0.25) is 19.7 Å². The number of rotatable bonds is 3. The van der Waals surface area contributed by atoms with Crippen molar-refractivity contribution in [3.63, 3.8) is 0 Å². The van der Waals surface area contributed by atoms with Gasteiger partial charge < -0.3 is 0 Å². The molecule has 0 bridgehead atoms. The fraction of sp³-hybridized carbons (Fsp3) is 0.133. The molecule has 0 saturated heterocycles. The van der Waals surface area contributed by atoms with E-state index in [0.717, 1.165) is 0 Å². The van der Waals surface area contributed by atoms with E-state index in [9.17, 15) is 19.7 Å². The predicted molar refractivity (Wildman–Crippen MR) is 77.0 cm³/mol. The smallest absolute Gasteiger partial charge is 0.277 e. The van der Waals surface area contributed by atoms with Crippen LogP contribution in [-0.2, 0) is 0 Å². The number of benzene rings is 1. The lowest BCUT2D eigenvalue weighted by atomic mass is 10.0. The summed E-state index contributed by atoms with van der Waals surface area (Å²) < 4.78 is 0. The molecule has 0 fully saturated rings. The molecule has 0 radical (unpaired) electrons. The van der Waals surface area contributed by atoms with Crippen LogP contribution in [0.4, 0.5) is 0 Å². The third-order valence-corrected chi connectivity index (χ3v) is 3.09. The highest BCUT2D eigenvalue weighted by Gasteiger charge is 2.18. The fourth-order valence-corrected chi connectivity index (χ4v) is 1.96. The summed E-state index contributed by atoms with van der Waals surface area (Å²) in [6.07, 6.45) is 3.60. The number of aldehydes is 1. The first-order chi connectivity index (χ1) is 10.0. The summed E-state index contributed by atoms with van der Waals surface area (Å²) in [6, 6.07) is 6.37. The SMILES string of the molecule is CC1=CC([N+](=O)[O-])=CCC1=NC(=O)c1ccccc1C=O. The van der Waals surface area contributed by atoms with Crippen LogP contribution in [0.3, 0.4) is 0 Å². The summed E-state index contributed by atoms with van der Waals surface area (Å²) >= 11 is 0. The van der Waals surface area contributed by atoms with E-state index in [2.05, 4.69) is 4.99 Å². The Morgan fingerprint density at radius 3 is 2.71 bits per heavy atom. The van der Waals surface area contributed by atoms with Gasteiger partial charge in [-0.05, 0) is 24.6 Å². The average molecular weight is 284 g/mol. The maximum atomic E-state index is 12.1. The van der Waals surface area contributed by atoms with E-state index in [4.69, 9.17) is 0 Å². The van der Waals surface area contributed by atoms with Crippen molar-refractivity contribution in [3.8, 4) is 0 Å². The predicted octanol–water partition coefficient (Wildman–Crippen LogP) is 2.59. The largest absolute Gasteiger partial charge is 0.298 e. The maximum Gasteiger partial charge on any atom is 0.277 e. The molecule has 1 aliphatic carbocycles. The highest BCUT2D eigenvalue weighted by atomic mass is 16.6. The van der Waals surface area contributed by atoms with Crippen molar-refractivity contribution in [1.29, 1.82) is 0 Å². The molecule has 1 aliphatic rings. The minimum Gasteiger partial charge on any atom is -0.298 e. The number of aliphatic imine (C=N–C) groups is 1. The Morgan fingerprint density at radius 1 is 1.38 bits per heavy atom. The van der Waals surface area contributed by atoms with Crippen LogP contribution >= 0.6 is 0 Å². The van der Waals surface area contributed by atoms with Crippen molar-refractivity contribution in [2.75, 3.05) is 0 Å². The second kappa shape index (κ2) is 6.04. The standard InChI is InChI=1S/C15H12N2O4/c1-10-8-12(17(20)21)6-7-14(10)16-15(19)13-5-3-2-4-11(13)9-18/h2-6,8-9H,7H2,1H3. The van der Waals surface area contributed by atoms with E-state index >= 15 is 0 Å². The first-order valence-corrected chi connectivity index (χ1v) is 6.22. The first-order valence-electron chi connectivity index (χ1n) is 6.22. The molecular weight excluding hydrogens is 272 g/mol. The minimum absolute atomic E-state index is 0.00723. The number of nitrogens with zero attached hydrogens (tertiary/aromatic N) is 2. The zero-order valence-electron chi connectivity index (χ0n) is 11.3. The molecule has 0 unspecified atom stereocenters. The molecule has 0 spiro atoms. The second-order valence-corrected chi connectivity index (χ2v) is 4.49. The Hall–Kier alpha value is -2.89. The molecule has 6 nitrogen and oxygen atoms in total. The van der Waals surface area contributed by atoms with Gasteiger partial charge in [0.05, 0.1) is 16.2 Å². The lowest BCUT2D eigenvalue weighted by molar-refractivity contribution is -0.419. The van der Waals surface area contributed by atoms with Crippen LogP contribution in [0.15, 0.2) is 52.7 Å². The van der Waals surface area contributed by atoms with Gasteiger partial charge in [-0.15, -0.1) is 0 Å². The van der Waals surface area contributed by atoms with Gasteiger partial charge in [-0.25, -0.2) is 4.99 Å². The van der Waals surface area contributed by atoms with E-state index < -0.39 is 10.8 Å². The molecule has 0 aliphatic heterocycles. The lowest BCUT2D eigenvalue weighted by Gasteiger charge is -2.08. The maximum absolute atomic E-state index is 12.1. The quantitative estimate of drug-likeness (QED) is 0.484. The van der Waals surface area contributed by atoms with Gasteiger partial charge >= 0.3 is 0 Å². The molecule has 1 amide bonds. The van der Waals surface area contributed by atoms with Gasteiger partial charge in [0.2, 0.25) is 0 Å². The van der Waals surface area contributed by atoms with E-state index in [-0.39, 0.29) is 23.2 Å². The summed E-state index contributed by atoms with van der Waals surface area (Å²) in [5.41, 5.74) is 1.52. The molecule has 21 heavy (non-hydrogen) atoms. The molecule has 1 aromatic carbocycles. The molecule has 1 aromatic rings. The van der Waals surface area contributed by atoms with E-state index in [0.29, 0.717) is 17.6 Å². The van der Waals surface area contributed by atoms with Crippen LogP contribution < -0.4 is 0 Å². The van der Waals surface area contributed by atoms with Crippen molar-refractivity contribution >= 4 is 17.9 Å². The molecule has 0 heterocycles. The molecule has 0 N–H and O–H groups in total. The second-order valence-electron chi connectivity index (χ2n) is 4.49. The monoisotopic (exact) mass is 284 g/mol. The molecule has 0 saturated carbocycles. The number of hydrogen-bond donors (Lipinski definition) is 0. The number of hydrogen-bond acceptors (Lipinski definition) is 4. The third-order valence-electron chi connectivity index (χ3n) is 3.09. The summed E-state index contributed by atoms with van der Waals surface area (Å²) in [7, 11) is 0. The summed E-state index contributed by atoms with van der Waals surface area (Å²) in [6.45, 7) is 1.66. The van der Waals surface area contributed by atoms with Gasteiger partial charge in [0.25, 0.3) is 11.6 Å². The molecular formula is C15H12N2O4. The van der Waals surface area contributed by atoms with Gasteiger partial charge in [0.15, 0.2) is 6.29 Å². The molecule has 0 atom stereocenters. The van der Waals surface area contributed by atoms with Crippen LogP contribution in [0.5, 0.6) is 0 Å². The van der Waals surface area contributed by atoms with Crippen molar-refractivity contribution in [2.24, 2.45) is 4.99 Å². The molecule has 0 aromatic heterocycles. The normalized spacial score (nSPS) is 16.1. The zero-order valence-corrected chi connectivity index (χ0v) is 11.3. The summed E-state index contributed by atoms with van der Waals surface area (Å²) in [4.78, 5) is 37.2. The Bertz CT molecular complexity index is 714. The topological polar surface area (TPSA) is 89.6 Å². The number of amides is 1. The Balaban J connectivity index is 2.30. The van der Waals surface area contributed by atoms with Gasteiger partial charge in [-0.2, -0.15) is 0 Å². The van der Waals surface area contributed by atoms with Crippen LogP contribution in [-0.4, -0.2) is 22.8 Å². The molecule has 2 rings (SSSR count). The highest BCUT2D eigenvalue weighted by Crippen LogP contribution is 2.17. The summed E-state index contributed by atoms with van der Waals surface area (Å²) in [5, 5.41) is 10.7. The van der Waals surface area contributed by atoms with Crippen LogP contribution in [0.2, 0.25) is 0 Å². The molecule has 106 valence electrons. The van der Waals surface area contributed by atoms with Crippen molar-refractivity contribution < 1.29 is 14.5 Å². The zero-order chi connectivity index (χ0) is 15.4. The van der Waals surface area contributed by atoms with E-state index in [1.165, 1.54) is 24.3 Å². The number of nitro groups is 1. The molecule has 6 heteroatoms. The number of carbonyl (C=O) groups excluding carboxylic acids is 2.